The van der Waals surface area contributed by atoms with Gasteiger partial charge < -0.3 is 23.7 Å². The Morgan fingerprint density at radius 2 is 1.00 bits per heavy atom. The molecule has 1 atom stereocenters. The highest BCUT2D eigenvalue weighted by Crippen LogP contribution is 2.35. The molecule has 0 radical (unpaired) electrons. The number of carbonyl (C=O) groups is 2. The number of hydrogen-bond donors (Lipinski definition) is 2. The summed E-state index contributed by atoms with van der Waals surface area (Å²) in [7, 11) is -0.834. The predicted molar refractivity (Wildman–Crippen MR) is 183 cm³/mol. The van der Waals surface area contributed by atoms with Crippen molar-refractivity contribution in [3.05, 3.63) is 0 Å². The number of phosphoric acid groups is 1. The monoisotopic (exact) mass is 664 g/mol. The molecule has 0 aliphatic heterocycles. The Morgan fingerprint density at radius 3 is 1.40 bits per heavy atom. The van der Waals surface area contributed by atoms with Gasteiger partial charge in [-0.2, -0.15) is 0 Å². The van der Waals surface area contributed by atoms with Crippen molar-refractivity contribution in [3.63, 3.8) is 0 Å². The van der Waals surface area contributed by atoms with Crippen LogP contribution in [0.3, 0.4) is 0 Å². The second-order valence-corrected chi connectivity index (χ2v) is 14.8. The molecule has 10 heteroatoms. The molecule has 0 spiro atoms. The van der Waals surface area contributed by atoms with E-state index in [1.54, 1.807) is 0 Å². The van der Waals surface area contributed by atoms with E-state index in [1.165, 1.54) is 103 Å². The van der Waals surface area contributed by atoms with Gasteiger partial charge in [0, 0.05) is 12.8 Å². The number of unbranched alkanes of at least 4 members (excludes halogenated alkanes) is 20. The van der Waals surface area contributed by atoms with Gasteiger partial charge in [0.1, 0.15) is 26.3 Å². The molecule has 2 N–H and O–H groups in total. The lowest BCUT2D eigenvalue weighted by Crippen LogP contribution is -2.49. The molecule has 268 valence electrons. The lowest BCUT2D eigenvalue weighted by Gasteiger charge is -2.33. The van der Waals surface area contributed by atoms with Crippen LogP contribution in [0.5, 0.6) is 0 Å². The fourth-order valence-corrected chi connectivity index (χ4v) is 5.86. The van der Waals surface area contributed by atoms with Gasteiger partial charge in [-0.05, 0) is 12.8 Å². The molecule has 0 amide bonds. The quantitative estimate of drug-likeness (QED) is 0.0309. The van der Waals surface area contributed by atoms with Gasteiger partial charge in [0.05, 0.1) is 14.1 Å². The van der Waals surface area contributed by atoms with E-state index in [4.69, 9.17) is 19.3 Å². The average molecular weight is 665 g/mol. The molecule has 0 saturated heterocycles. The molecular formula is C35H71NO8P+. The first-order chi connectivity index (χ1) is 21.5. The van der Waals surface area contributed by atoms with Crippen molar-refractivity contribution in [2.24, 2.45) is 0 Å². The number of carbonyl (C=O) groups excluding carboxylic acids is 2. The lowest BCUT2D eigenvalue weighted by molar-refractivity contribution is -0.893. The van der Waals surface area contributed by atoms with Crippen LogP contribution < -0.4 is 0 Å². The van der Waals surface area contributed by atoms with Crippen LogP contribution in [-0.4, -0.2) is 72.7 Å². The van der Waals surface area contributed by atoms with E-state index in [1.807, 2.05) is 14.1 Å². The van der Waals surface area contributed by atoms with Crippen LogP contribution in [0.15, 0.2) is 0 Å². The van der Waals surface area contributed by atoms with E-state index in [0.29, 0.717) is 25.9 Å². The standard InChI is InChI=1S/C35H70NO8P/c1-5-7-9-11-13-15-17-19-21-23-25-27-34(37)42-32-33(31-36(3,4)29-30-43-45(39,40)41)44-35(38)28-26-24-22-20-18-16-14-12-10-8-6-2/h33H,5-32H2,1-4H3,(H-,39,40,41)/p+1. The zero-order valence-corrected chi connectivity index (χ0v) is 30.5. The van der Waals surface area contributed by atoms with E-state index in [0.717, 1.165) is 38.5 Å². The Morgan fingerprint density at radius 1 is 0.622 bits per heavy atom. The number of rotatable bonds is 33. The maximum atomic E-state index is 12.7. The van der Waals surface area contributed by atoms with Crippen molar-refractivity contribution in [1.82, 2.24) is 0 Å². The van der Waals surface area contributed by atoms with E-state index in [9.17, 15) is 14.2 Å². The lowest BCUT2D eigenvalue weighted by atomic mass is 10.1. The van der Waals surface area contributed by atoms with Crippen molar-refractivity contribution < 1.29 is 42.4 Å². The number of ether oxygens (including phenoxy) is 2. The number of nitrogens with zero attached hydrogens (tertiary/aromatic N) is 1. The van der Waals surface area contributed by atoms with Crippen molar-refractivity contribution >= 4 is 19.8 Å². The Hall–Kier alpha value is -0.990. The SMILES string of the molecule is CCCCCCCCCCCCCC(=O)OCC(C[N+](C)(C)CCOP(=O)(O)O)OC(=O)CCCCCCCCCCCCC. The summed E-state index contributed by atoms with van der Waals surface area (Å²) >= 11 is 0. The smallest absolute Gasteiger partial charge is 0.461 e. The molecule has 45 heavy (non-hydrogen) atoms. The normalized spacial score (nSPS) is 12.8. The minimum Gasteiger partial charge on any atom is -0.461 e. The topological polar surface area (TPSA) is 119 Å². The van der Waals surface area contributed by atoms with E-state index < -0.39 is 13.9 Å². The molecule has 0 fully saturated rings. The number of esters is 2. The highest BCUT2D eigenvalue weighted by atomic mass is 31.2. The van der Waals surface area contributed by atoms with E-state index in [2.05, 4.69) is 18.4 Å². The molecule has 0 aromatic heterocycles. The summed E-state index contributed by atoms with van der Waals surface area (Å²) in [5.41, 5.74) is 0. The van der Waals surface area contributed by atoms with Gasteiger partial charge in [-0.3, -0.25) is 14.1 Å². The van der Waals surface area contributed by atoms with Gasteiger partial charge >= 0.3 is 19.8 Å². The van der Waals surface area contributed by atoms with Crippen molar-refractivity contribution in [1.29, 1.82) is 0 Å². The van der Waals surface area contributed by atoms with Crippen LogP contribution in [-0.2, 0) is 28.2 Å². The Bertz CT molecular complexity index is 758. The molecule has 9 nitrogen and oxygen atoms in total. The zero-order valence-electron chi connectivity index (χ0n) is 29.6. The molecule has 0 bridgehead atoms. The Balaban J connectivity index is 4.43. The molecule has 0 aliphatic carbocycles. The van der Waals surface area contributed by atoms with E-state index >= 15 is 0 Å². The number of phosphoric ester groups is 1. The molecule has 1 unspecified atom stereocenters. The third-order valence-electron chi connectivity index (χ3n) is 8.35. The zero-order chi connectivity index (χ0) is 33.7. The van der Waals surface area contributed by atoms with Gasteiger partial charge in [0.15, 0.2) is 6.10 Å². The Kier molecular flexibility index (Phi) is 28.5. The van der Waals surface area contributed by atoms with Crippen LogP contribution >= 0.6 is 7.82 Å². The van der Waals surface area contributed by atoms with E-state index in [-0.39, 0.29) is 29.6 Å². The third-order valence-corrected chi connectivity index (χ3v) is 8.87. The summed E-state index contributed by atoms with van der Waals surface area (Å²) < 4.78 is 27.3. The van der Waals surface area contributed by atoms with Gasteiger partial charge in [0.25, 0.3) is 0 Å². The molecule has 0 aromatic rings. The number of quaternary nitrogens is 1. The molecule has 0 heterocycles. The van der Waals surface area contributed by atoms with Gasteiger partial charge in [-0.15, -0.1) is 0 Å². The summed E-state index contributed by atoms with van der Waals surface area (Å²) in [6, 6.07) is 0. The largest absolute Gasteiger partial charge is 0.469 e. The van der Waals surface area contributed by atoms with Crippen LogP contribution in [0.4, 0.5) is 0 Å². The second kappa shape index (κ2) is 29.2. The van der Waals surface area contributed by atoms with Gasteiger partial charge in [-0.1, -0.05) is 142 Å². The summed E-state index contributed by atoms with van der Waals surface area (Å²) in [5.74, 6) is -0.587. The van der Waals surface area contributed by atoms with Crippen molar-refractivity contribution in [2.45, 2.75) is 174 Å². The molecule has 0 aliphatic rings. The Labute approximate surface area is 276 Å². The molecule has 0 saturated carbocycles. The van der Waals surface area contributed by atoms with Crippen LogP contribution in [0.1, 0.15) is 168 Å². The van der Waals surface area contributed by atoms with Gasteiger partial charge in [0.2, 0.25) is 0 Å². The first kappa shape index (κ1) is 44.0. The van der Waals surface area contributed by atoms with Crippen LogP contribution in [0.25, 0.3) is 0 Å². The van der Waals surface area contributed by atoms with Crippen LogP contribution in [0, 0.1) is 0 Å². The van der Waals surface area contributed by atoms with Crippen molar-refractivity contribution in [2.75, 3.05) is 40.4 Å². The first-order valence-corrected chi connectivity index (χ1v) is 19.9. The summed E-state index contributed by atoms with van der Waals surface area (Å²) in [5, 5.41) is 0. The molecular weight excluding hydrogens is 593 g/mol. The summed E-state index contributed by atoms with van der Waals surface area (Å²) in [4.78, 5) is 43.1. The highest BCUT2D eigenvalue weighted by molar-refractivity contribution is 7.46. The molecule has 0 aromatic carbocycles. The minimum absolute atomic E-state index is 0.0259. The molecule has 0 rings (SSSR count). The van der Waals surface area contributed by atoms with Gasteiger partial charge in [-0.25, -0.2) is 4.57 Å². The maximum Gasteiger partial charge on any atom is 0.469 e. The van der Waals surface area contributed by atoms with Crippen LogP contribution in [0.2, 0.25) is 0 Å². The van der Waals surface area contributed by atoms with Crippen molar-refractivity contribution in [3.8, 4) is 0 Å². The summed E-state index contributed by atoms with van der Waals surface area (Å²) in [6.07, 6.45) is 26.6. The minimum atomic E-state index is -4.56. The number of likely N-dealkylation sites (N-methyl/N-ethyl adjacent to an activating group) is 1. The third kappa shape index (κ3) is 32.7. The number of hydrogen-bond acceptors (Lipinski definition) is 6. The average Bonchev–Trinajstić information content (AvgIpc) is 2.96. The highest BCUT2D eigenvalue weighted by Gasteiger charge is 2.27. The maximum absolute atomic E-state index is 12.7. The predicted octanol–water partition coefficient (Wildman–Crippen LogP) is 9.03. The fourth-order valence-electron chi connectivity index (χ4n) is 5.54. The second-order valence-electron chi connectivity index (χ2n) is 13.5. The fraction of sp³-hybridized carbons (Fsp3) is 0.943. The summed E-state index contributed by atoms with van der Waals surface area (Å²) in [6.45, 7) is 4.93. The first-order valence-electron chi connectivity index (χ1n) is 18.4.